The van der Waals surface area contributed by atoms with Crippen molar-refractivity contribution in [1.29, 1.82) is 0 Å². The first-order valence-corrected chi connectivity index (χ1v) is 17.6. The zero-order valence-corrected chi connectivity index (χ0v) is 22.8. The molecule has 4 unspecified atom stereocenters. The van der Waals surface area contributed by atoms with Gasteiger partial charge in [0.2, 0.25) is 0 Å². The number of rotatable bonds is 5. The highest BCUT2D eigenvalue weighted by atomic mass is 32.2. The van der Waals surface area contributed by atoms with Crippen molar-refractivity contribution in [2.45, 2.75) is 102 Å². The molecule has 0 radical (unpaired) electrons. The average Bonchev–Trinajstić information content (AvgIpc) is 2.90. The van der Waals surface area contributed by atoms with Crippen LogP contribution in [0.4, 0.5) is 0 Å². The molecule has 2 rings (SSSR count). The van der Waals surface area contributed by atoms with Gasteiger partial charge >= 0.3 is 0 Å². The van der Waals surface area contributed by atoms with Crippen LogP contribution in [0.3, 0.4) is 0 Å². The van der Waals surface area contributed by atoms with Gasteiger partial charge in [-0.1, -0.05) is 41.5 Å². The summed E-state index contributed by atoms with van der Waals surface area (Å²) in [7, 11) is -8.47. The monoisotopic (exact) mass is 480 g/mol. The van der Waals surface area contributed by atoms with E-state index in [9.17, 15) is 8.42 Å². The Morgan fingerprint density at radius 1 is 1.07 bits per heavy atom. The molecule has 0 aromatic carbocycles. The molecule has 0 aliphatic carbocycles. The van der Waals surface area contributed by atoms with Gasteiger partial charge < -0.3 is 25.1 Å². The highest BCUT2D eigenvalue weighted by molar-refractivity contribution is 7.90. The molecule has 8 nitrogen and oxygen atoms in total. The van der Waals surface area contributed by atoms with Crippen molar-refractivity contribution in [3.05, 3.63) is 11.1 Å². The minimum Gasteiger partial charge on any atom is -0.414 e. The van der Waals surface area contributed by atoms with Crippen LogP contribution >= 0.6 is 0 Å². The van der Waals surface area contributed by atoms with Gasteiger partial charge in [-0.2, -0.15) is 8.42 Å². The third-order valence-electron chi connectivity index (χ3n) is 7.13. The van der Waals surface area contributed by atoms with Gasteiger partial charge in [0.05, 0.1) is 17.7 Å². The highest BCUT2D eigenvalue weighted by Crippen LogP contribution is 2.48. The lowest BCUT2D eigenvalue weighted by Gasteiger charge is -2.43. The predicted molar refractivity (Wildman–Crippen MR) is 123 cm³/mol. The van der Waals surface area contributed by atoms with Gasteiger partial charge in [-0.15, -0.1) is 0 Å². The lowest BCUT2D eigenvalue weighted by atomic mass is 9.90. The quantitative estimate of drug-likeness (QED) is 0.455. The zero-order chi connectivity index (χ0) is 23.6. The Morgan fingerprint density at radius 2 is 1.57 bits per heavy atom. The summed E-state index contributed by atoms with van der Waals surface area (Å²) < 4.78 is 49.2. The molecule has 2 aliphatic rings. The Labute approximate surface area is 184 Å². The summed E-state index contributed by atoms with van der Waals surface area (Å²) in [5, 5.41) is 0.789. The summed E-state index contributed by atoms with van der Waals surface area (Å²) in [6, 6.07) is 0. The second-order valence-corrected chi connectivity index (χ2v) is 22.4. The molecule has 4 atom stereocenters. The summed E-state index contributed by atoms with van der Waals surface area (Å²) in [6.07, 6.45) is -2.56. The molecule has 4 N–H and O–H groups in total. The fraction of sp³-hybridized carbons (Fsp3) is 0.895. The Balaban J connectivity index is 2.44. The Bertz CT molecular complexity index is 801. The number of ether oxygens (including phenoxy) is 1. The van der Waals surface area contributed by atoms with Crippen LogP contribution in [0.15, 0.2) is 11.1 Å². The van der Waals surface area contributed by atoms with E-state index in [1.807, 2.05) is 0 Å². The Hall–Kier alpha value is -0.276. The highest BCUT2D eigenvalue weighted by Gasteiger charge is 2.66. The lowest BCUT2D eigenvalue weighted by molar-refractivity contribution is -0.0394. The molecule has 0 amide bonds. The number of nitrogens with two attached hydrogens (primary N) is 2. The molecule has 0 bridgehead atoms. The fourth-order valence-corrected chi connectivity index (χ4v) is 6.59. The van der Waals surface area contributed by atoms with Gasteiger partial charge in [-0.05, 0) is 36.3 Å². The van der Waals surface area contributed by atoms with E-state index >= 15 is 0 Å². The molecule has 1 spiro atoms. The van der Waals surface area contributed by atoms with Crippen LogP contribution < -0.4 is 11.5 Å². The number of hydrogen-bond acceptors (Lipinski definition) is 8. The third-order valence-corrected chi connectivity index (χ3v) is 17.1. The van der Waals surface area contributed by atoms with Crippen LogP contribution in [0.2, 0.25) is 36.3 Å². The Kier molecular flexibility index (Phi) is 6.62. The van der Waals surface area contributed by atoms with Crippen molar-refractivity contribution in [2.24, 2.45) is 11.5 Å². The average molecular weight is 481 g/mol. The fourth-order valence-electron chi connectivity index (χ4n) is 3.06. The largest absolute Gasteiger partial charge is 0.414 e. The SMILES string of the molecule is CC(C)(C)[Si](C)(C)OCC1OC(N)C(O[Si](C)(C)C(C)(C)C)C12OS(=O)(=O)C=C2N. The van der Waals surface area contributed by atoms with E-state index in [1.165, 1.54) is 0 Å². The van der Waals surface area contributed by atoms with Crippen molar-refractivity contribution in [1.82, 2.24) is 0 Å². The van der Waals surface area contributed by atoms with Crippen LogP contribution in [0.1, 0.15) is 41.5 Å². The van der Waals surface area contributed by atoms with Crippen molar-refractivity contribution in [3.63, 3.8) is 0 Å². The topological polar surface area (TPSA) is 123 Å². The number of hydrogen-bond donors (Lipinski definition) is 2. The first-order valence-electron chi connectivity index (χ1n) is 10.3. The van der Waals surface area contributed by atoms with Gasteiger partial charge in [-0.25, -0.2) is 4.18 Å². The minimum atomic E-state index is -3.98. The zero-order valence-electron chi connectivity index (χ0n) is 20.0. The van der Waals surface area contributed by atoms with E-state index < -0.39 is 50.8 Å². The van der Waals surface area contributed by atoms with Gasteiger partial charge in [-0.3, -0.25) is 0 Å². The van der Waals surface area contributed by atoms with E-state index in [2.05, 4.69) is 67.7 Å². The van der Waals surface area contributed by atoms with E-state index in [1.54, 1.807) is 0 Å². The second-order valence-electron chi connectivity index (χ2n) is 11.4. The molecular formula is C19H40N2O6SSi2. The molecule has 176 valence electrons. The smallest absolute Gasteiger partial charge is 0.292 e. The van der Waals surface area contributed by atoms with E-state index in [-0.39, 0.29) is 22.4 Å². The van der Waals surface area contributed by atoms with E-state index in [0.717, 1.165) is 5.41 Å². The summed E-state index contributed by atoms with van der Waals surface area (Å²) >= 11 is 0. The van der Waals surface area contributed by atoms with Gasteiger partial charge in [0.25, 0.3) is 10.1 Å². The molecule has 0 aromatic heterocycles. The van der Waals surface area contributed by atoms with Crippen LogP contribution in [0.25, 0.3) is 0 Å². The first kappa shape index (κ1) is 26.0. The standard InChI is InChI=1S/C19H40N2O6SSi2/c1-17(2,3)29(7,8)24-11-14-19(13(20)12-28(22,23)27-19)15(16(21)25-14)26-30(9,10)18(4,5)6/h12,14-16H,11,20-21H2,1-10H3. The first-order chi connectivity index (χ1) is 13.2. The van der Waals surface area contributed by atoms with Crippen LogP contribution in [0.5, 0.6) is 0 Å². The third kappa shape index (κ3) is 4.58. The molecule has 0 aromatic rings. The minimum absolute atomic E-state index is 0.0259. The normalized spacial score (nSPS) is 32.6. The molecule has 0 saturated carbocycles. The molecule has 11 heteroatoms. The van der Waals surface area contributed by atoms with Gasteiger partial charge in [0, 0.05) is 0 Å². The maximum absolute atomic E-state index is 12.4. The molecular weight excluding hydrogens is 440 g/mol. The summed E-state index contributed by atoms with van der Waals surface area (Å²) in [6.45, 7) is 21.1. The van der Waals surface area contributed by atoms with Crippen molar-refractivity contribution < 1.29 is 26.2 Å². The maximum Gasteiger partial charge on any atom is 0.292 e. The molecule has 1 fully saturated rings. The van der Waals surface area contributed by atoms with Crippen LogP contribution in [-0.4, -0.2) is 55.7 Å². The Morgan fingerprint density at radius 3 is 1.97 bits per heavy atom. The van der Waals surface area contributed by atoms with Crippen molar-refractivity contribution >= 4 is 26.8 Å². The van der Waals surface area contributed by atoms with Crippen LogP contribution in [-0.2, 0) is 27.9 Å². The van der Waals surface area contributed by atoms with E-state index in [4.69, 9.17) is 29.2 Å². The maximum atomic E-state index is 12.4. The second kappa shape index (κ2) is 7.65. The van der Waals surface area contributed by atoms with E-state index in [0.29, 0.717) is 0 Å². The molecule has 30 heavy (non-hydrogen) atoms. The summed E-state index contributed by atoms with van der Waals surface area (Å²) in [4.78, 5) is 0. The van der Waals surface area contributed by atoms with Crippen molar-refractivity contribution in [2.75, 3.05) is 6.61 Å². The van der Waals surface area contributed by atoms with Gasteiger partial charge in [0.1, 0.15) is 18.4 Å². The van der Waals surface area contributed by atoms with Gasteiger partial charge in [0.15, 0.2) is 22.2 Å². The molecule has 1 saturated heterocycles. The summed E-state index contributed by atoms with van der Waals surface area (Å²) in [5.41, 5.74) is 11.1. The molecule has 2 aliphatic heterocycles. The summed E-state index contributed by atoms with van der Waals surface area (Å²) in [5.74, 6) is 0. The molecule has 2 heterocycles. The van der Waals surface area contributed by atoms with Crippen LogP contribution in [0, 0.1) is 0 Å². The lowest BCUT2D eigenvalue weighted by Crippen LogP contribution is -2.60. The van der Waals surface area contributed by atoms with Crippen molar-refractivity contribution in [3.8, 4) is 0 Å². The predicted octanol–water partition coefficient (Wildman–Crippen LogP) is 2.98.